The van der Waals surface area contributed by atoms with Gasteiger partial charge in [-0.15, -0.1) is 6.58 Å². The van der Waals surface area contributed by atoms with E-state index in [1.807, 2.05) is 6.08 Å². The van der Waals surface area contributed by atoms with E-state index in [2.05, 4.69) is 45.5 Å². The second-order valence-electron chi connectivity index (χ2n) is 10.4. The highest BCUT2D eigenvalue weighted by Gasteiger charge is 2.62. The fourth-order valence-electron chi connectivity index (χ4n) is 6.61. The maximum absolute atomic E-state index is 6.99. The van der Waals surface area contributed by atoms with Crippen molar-refractivity contribution in [2.24, 2.45) is 22.7 Å². The zero-order chi connectivity index (χ0) is 19.3. The van der Waals surface area contributed by atoms with Crippen LogP contribution in [0.25, 0.3) is 0 Å². The molecule has 148 valence electrons. The quantitative estimate of drug-likeness (QED) is 0.547. The summed E-state index contributed by atoms with van der Waals surface area (Å²) in [5, 5.41) is 0. The molecule has 0 aromatic heterocycles. The molecule has 3 fully saturated rings. The van der Waals surface area contributed by atoms with Gasteiger partial charge in [0, 0.05) is 5.92 Å². The van der Waals surface area contributed by atoms with Gasteiger partial charge in [0.25, 0.3) is 0 Å². The van der Waals surface area contributed by atoms with Gasteiger partial charge < -0.3 is 9.47 Å². The fraction of sp³-hybridized carbons (Fsp3) is 0.680. The topological polar surface area (TPSA) is 18.5 Å². The van der Waals surface area contributed by atoms with E-state index in [1.54, 1.807) is 7.11 Å². The van der Waals surface area contributed by atoms with Crippen LogP contribution in [-0.4, -0.2) is 12.7 Å². The smallest absolute Gasteiger partial charge is 0.162 e. The number of hydrogen-bond acceptors (Lipinski definition) is 2. The van der Waals surface area contributed by atoms with Gasteiger partial charge in [-0.25, -0.2) is 0 Å². The van der Waals surface area contributed by atoms with Crippen LogP contribution in [0.1, 0.15) is 71.3 Å². The van der Waals surface area contributed by atoms with Gasteiger partial charge in [-0.1, -0.05) is 32.9 Å². The zero-order valence-corrected chi connectivity index (χ0v) is 17.6. The van der Waals surface area contributed by atoms with Crippen molar-refractivity contribution in [3.05, 3.63) is 36.4 Å². The Kier molecular flexibility index (Phi) is 4.60. The number of allylic oxidation sites excluding steroid dienone is 1. The molecule has 0 heterocycles. The lowest BCUT2D eigenvalue weighted by atomic mass is 9.49. The molecule has 3 saturated carbocycles. The number of methoxy groups -OCH3 is 1. The largest absolute Gasteiger partial charge is 0.493 e. The number of hydrogen-bond donors (Lipinski definition) is 0. The van der Waals surface area contributed by atoms with Crippen LogP contribution in [0.5, 0.6) is 11.5 Å². The summed E-state index contributed by atoms with van der Waals surface area (Å²) in [6.45, 7) is 11.3. The fourth-order valence-corrected chi connectivity index (χ4v) is 6.61. The number of ether oxygens (including phenoxy) is 2. The van der Waals surface area contributed by atoms with Crippen LogP contribution in [0.3, 0.4) is 0 Å². The lowest BCUT2D eigenvalue weighted by molar-refractivity contribution is -0.146. The number of benzene rings is 1. The maximum Gasteiger partial charge on any atom is 0.162 e. The molecule has 0 radical (unpaired) electrons. The molecule has 2 heteroatoms. The first-order valence-electron chi connectivity index (χ1n) is 10.8. The summed E-state index contributed by atoms with van der Waals surface area (Å²) in [5.74, 6) is 3.28. The van der Waals surface area contributed by atoms with E-state index in [0.717, 1.165) is 23.8 Å². The molecule has 0 spiro atoms. The van der Waals surface area contributed by atoms with Gasteiger partial charge in [-0.2, -0.15) is 0 Å². The van der Waals surface area contributed by atoms with E-state index in [9.17, 15) is 0 Å². The molecule has 1 aromatic rings. The lowest BCUT2D eigenvalue weighted by Crippen LogP contribution is -2.59. The van der Waals surface area contributed by atoms with Crippen LogP contribution < -0.4 is 9.47 Å². The summed E-state index contributed by atoms with van der Waals surface area (Å²) in [6.07, 6.45) is 11.9. The SMILES string of the molecule is C=CCc1ccc(O[C@@]23CCC[C@@](C)(CC[C@@H]4[C@@H]2CC4(C)C)C3)c(OC)c1. The predicted octanol–water partition coefficient (Wildman–Crippen LogP) is 6.58. The molecule has 27 heavy (non-hydrogen) atoms. The minimum absolute atomic E-state index is 0.0169. The Bertz CT molecular complexity index is 721. The van der Waals surface area contributed by atoms with Crippen molar-refractivity contribution in [2.75, 3.05) is 7.11 Å². The molecule has 1 aromatic carbocycles. The number of rotatable bonds is 5. The van der Waals surface area contributed by atoms with Crippen molar-refractivity contribution in [1.29, 1.82) is 0 Å². The van der Waals surface area contributed by atoms with Crippen molar-refractivity contribution in [3.8, 4) is 11.5 Å². The zero-order valence-electron chi connectivity index (χ0n) is 17.6. The van der Waals surface area contributed by atoms with Gasteiger partial charge in [0.05, 0.1) is 7.11 Å². The summed E-state index contributed by atoms with van der Waals surface area (Å²) in [4.78, 5) is 0. The minimum atomic E-state index is -0.0169. The second kappa shape index (κ2) is 6.57. The van der Waals surface area contributed by atoms with Crippen molar-refractivity contribution in [1.82, 2.24) is 0 Å². The highest BCUT2D eigenvalue weighted by Crippen LogP contribution is 2.65. The van der Waals surface area contributed by atoms with E-state index in [-0.39, 0.29) is 5.60 Å². The third kappa shape index (κ3) is 3.19. The average molecular weight is 369 g/mol. The molecule has 0 saturated heterocycles. The van der Waals surface area contributed by atoms with Crippen LogP contribution in [0.4, 0.5) is 0 Å². The predicted molar refractivity (Wildman–Crippen MR) is 111 cm³/mol. The summed E-state index contributed by atoms with van der Waals surface area (Å²) in [6, 6.07) is 6.41. The van der Waals surface area contributed by atoms with E-state index >= 15 is 0 Å². The van der Waals surface area contributed by atoms with E-state index < -0.39 is 0 Å². The second-order valence-corrected chi connectivity index (χ2v) is 10.4. The molecule has 3 aliphatic rings. The van der Waals surface area contributed by atoms with Crippen molar-refractivity contribution in [3.63, 3.8) is 0 Å². The standard InChI is InChI=1S/C25H36O2/c1-6-8-18-9-10-21(22(15-18)26-5)27-25-13-7-12-24(4,17-25)14-11-19-20(25)16-23(19,2)3/h6,9-10,15,19-20H,1,7-8,11-14,16-17H2,2-5H3/t19-,20+,24+,25-/m1/s1. The number of fused-ring (bicyclic) bond motifs is 4. The molecule has 2 bridgehead atoms. The van der Waals surface area contributed by atoms with Crippen LogP contribution in [-0.2, 0) is 6.42 Å². The third-order valence-electron chi connectivity index (χ3n) is 8.00. The highest BCUT2D eigenvalue weighted by molar-refractivity contribution is 5.44. The molecule has 0 aliphatic heterocycles. The molecule has 0 unspecified atom stereocenters. The summed E-state index contributed by atoms with van der Waals surface area (Å²) in [7, 11) is 1.75. The van der Waals surface area contributed by atoms with Gasteiger partial charge >= 0.3 is 0 Å². The average Bonchev–Trinajstić information content (AvgIpc) is 2.67. The molecular formula is C25H36O2. The van der Waals surface area contributed by atoms with Gasteiger partial charge in [0.15, 0.2) is 11.5 Å². The summed E-state index contributed by atoms with van der Waals surface area (Å²) >= 11 is 0. The molecule has 4 atom stereocenters. The first-order chi connectivity index (χ1) is 12.8. The van der Waals surface area contributed by atoms with Crippen LogP contribution >= 0.6 is 0 Å². The molecule has 2 nitrogen and oxygen atoms in total. The first kappa shape index (κ1) is 18.9. The molecule has 0 amide bonds. The first-order valence-corrected chi connectivity index (χ1v) is 10.8. The Morgan fingerprint density at radius 3 is 2.63 bits per heavy atom. The Morgan fingerprint density at radius 1 is 1.11 bits per heavy atom. The molecule has 3 aliphatic carbocycles. The van der Waals surface area contributed by atoms with Crippen LogP contribution in [0, 0.1) is 22.7 Å². The minimum Gasteiger partial charge on any atom is -0.493 e. The van der Waals surface area contributed by atoms with Crippen LogP contribution in [0.2, 0.25) is 0 Å². The molecular weight excluding hydrogens is 332 g/mol. The van der Waals surface area contributed by atoms with Crippen LogP contribution in [0.15, 0.2) is 30.9 Å². The van der Waals surface area contributed by atoms with E-state index in [4.69, 9.17) is 9.47 Å². The van der Waals surface area contributed by atoms with Crippen molar-refractivity contribution < 1.29 is 9.47 Å². The summed E-state index contributed by atoms with van der Waals surface area (Å²) < 4.78 is 12.7. The van der Waals surface area contributed by atoms with Gasteiger partial charge in [-0.3, -0.25) is 0 Å². The van der Waals surface area contributed by atoms with Crippen molar-refractivity contribution in [2.45, 2.75) is 77.7 Å². The summed E-state index contributed by atoms with van der Waals surface area (Å²) in [5.41, 5.74) is 2.11. The van der Waals surface area contributed by atoms with Crippen molar-refractivity contribution >= 4 is 0 Å². The van der Waals surface area contributed by atoms with Gasteiger partial charge in [0.2, 0.25) is 0 Å². The Labute approximate surface area is 165 Å². The lowest BCUT2D eigenvalue weighted by Gasteiger charge is -2.59. The van der Waals surface area contributed by atoms with Gasteiger partial charge in [-0.05, 0) is 85.8 Å². The Morgan fingerprint density at radius 2 is 1.93 bits per heavy atom. The third-order valence-corrected chi connectivity index (χ3v) is 8.00. The Hall–Kier alpha value is -1.44. The monoisotopic (exact) mass is 368 g/mol. The van der Waals surface area contributed by atoms with Gasteiger partial charge in [0.1, 0.15) is 5.60 Å². The molecule has 4 rings (SSSR count). The molecule has 0 N–H and O–H groups in total. The Balaban J connectivity index is 1.69. The highest BCUT2D eigenvalue weighted by atomic mass is 16.5. The van der Waals surface area contributed by atoms with E-state index in [1.165, 1.54) is 50.5 Å². The van der Waals surface area contributed by atoms with E-state index in [0.29, 0.717) is 16.7 Å². The maximum atomic E-state index is 6.99. The normalized spacial score (nSPS) is 36.7.